The topological polar surface area (TPSA) is 47.6 Å². The fourth-order valence-corrected chi connectivity index (χ4v) is 1.50. The standard InChI is InChI=1S/C9H8BrClF2N2O/c10-5-1-6(15-8(14)4-11)3-7(2-5)16-9(12)13/h1-3,9H,4H2,(H2,14,15). The van der Waals surface area contributed by atoms with Crippen LogP contribution >= 0.6 is 27.5 Å². The summed E-state index contributed by atoms with van der Waals surface area (Å²) in [5.41, 5.74) is 5.81. The van der Waals surface area contributed by atoms with E-state index < -0.39 is 6.61 Å². The van der Waals surface area contributed by atoms with E-state index in [0.717, 1.165) is 0 Å². The van der Waals surface area contributed by atoms with E-state index in [4.69, 9.17) is 17.3 Å². The zero-order valence-electron chi connectivity index (χ0n) is 7.96. The van der Waals surface area contributed by atoms with Gasteiger partial charge in [-0.1, -0.05) is 15.9 Å². The normalized spacial score (nSPS) is 11.9. The maximum Gasteiger partial charge on any atom is 0.387 e. The molecule has 16 heavy (non-hydrogen) atoms. The molecule has 0 aliphatic carbocycles. The SMILES string of the molecule is NC(CCl)=Nc1cc(Br)cc(OC(F)F)c1. The van der Waals surface area contributed by atoms with Gasteiger partial charge in [-0.05, 0) is 12.1 Å². The fourth-order valence-electron chi connectivity index (χ4n) is 0.979. The Kier molecular flexibility index (Phi) is 4.95. The molecule has 0 saturated heterocycles. The number of amidine groups is 1. The molecule has 0 amide bonds. The van der Waals surface area contributed by atoms with Crippen molar-refractivity contribution in [3.8, 4) is 5.75 Å². The van der Waals surface area contributed by atoms with Crippen molar-refractivity contribution in [1.29, 1.82) is 0 Å². The zero-order chi connectivity index (χ0) is 12.1. The molecule has 0 bridgehead atoms. The molecule has 1 aromatic rings. The quantitative estimate of drug-likeness (QED) is 0.527. The van der Waals surface area contributed by atoms with E-state index in [1.54, 1.807) is 6.07 Å². The number of nitrogens with two attached hydrogens (primary N) is 1. The molecule has 0 atom stereocenters. The van der Waals surface area contributed by atoms with Gasteiger partial charge in [0.2, 0.25) is 0 Å². The summed E-state index contributed by atoms with van der Waals surface area (Å²) in [6.45, 7) is -2.88. The maximum atomic E-state index is 12.0. The Morgan fingerprint density at radius 2 is 2.19 bits per heavy atom. The average molecular weight is 314 g/mol. The number of hydrogen-bond donors (Lipinski definition) is 1. The first-order valence-electron chi connectivity index (χ1n) is 4.15. The number of halogens is 4. The third-order valence-electron chi connectivity index (χ3n) is 1.49. The number of rotatable bonds is 4. The molecule has 0 aliphatic rings. The molecule has 2 N–H and O–H groups in total. The zero-order valence-corrected chi connectivity index (χ0v) is 10.3. The Morgan fingerprint density at radius 1 is 1.50 bits per heavy atom. The minimum Gasteiger partial charge on any atom is -0.435 e. The van der Waals surface area contributed by atoms with E-state index >= 15 is 0 Å². The molecule has 0 heterocycles. The van der Waals surface area contributed by atoms with Gasteiger partial charge in [-0.2, -0.15) is 8.78 Å². The Bertz CT molecular complexity index is 401. The summed E-state index contributed by atoms with van der Waals surface area (Å²) in [6.07, 6.45) is 0. The van der Waals surface area contributed by atoms with E-state index in [9.17, 15) is 8.78 Å². The van der Waals surface area contributed by atoms with Crippen LogP contribution in [0, 0.1) is 0 Å². The van der Waals surface area contributed by atoms with Gasteiger partial charge in [0.15, 0.2) is 0 Å². The predicted octanol–water partition coefficient (Wildman–Crippen LogP) is 3.28. The van der Waals surface area contributed by atoms with Crippen LogP contribution in [0.5, 0.6) is 5.75 Å². The van der Waals surface area contributed by atoms with Crippen molar-refractivity contribution in [1.82, 2.24) is 0 Å². The summed E-state index contributed by atoms with van der Waals surface area (Å²) in [5, 5.41) is 0. The van der Waals surface area contributed by atoms with Crippen LogP contribution in [0.4, 0.5) is 14.5 Å². The summed E-state index contributed by atoms with van der Waals surface area (Å²) in [5.74, 6) is 0.269. The second-order valence-corrected chi connectivity index (χ2v) is 3.94. The molecule has 7 heteroatoms. The maximum absolute atomic E-state index is 12.0. The van der Waals surface area contributed by atoms with Crippen molar-refractivity contribution < 1.29 is 13.5 Å². The third kappa shape index (κ3) is 4.32. The van der Waals surface area contributed by atoms with Gasteiger partial charge < -0.3 is 10.5 Å². The van der Waals surface area contributed by atoms with Crippen LogP contribution in [0.3, 0.4) is 0 Å². The molecule has 0 saturated carbocycles. The number of aliphatic imine (C=N–C) groups is 1. The summed E-state index contributed by atoms with van der Waals surface area (Å²) < 4.78 is 28.8. The number of alkyl halides is 3. The van der Waals surface area contributed by atoms with E-state index in [2.05, 4.69) is 25.7 Å². The molecule has 3 nitrogen and oxygen atoms in total. The van der Waals surface area contributed by atoms with E-state index in [0.29, 0.717) is 10.2 Å². The van der Waals surface area contributed by atoms with Gasteiger partial charge in [-0.15, -0.1) is 11.6 Å². The Morgan fingerprint density at radius 3 is 2.75 bits per heavy atom. The van der Waals surface area contributed by atoms with Gasteiger partial charge in [0.1, 0.15) is 11.6 Å². The lowest BCUT2D eigenvalue weighted by atomic mass is 10.3. The van der Waals surface area contributed by atoms with Crippen LogP contribution in [0.25, 0.3) is 0 Å². The lowest BCUT2D eigenvalue weighted by molar-refractivity contribution is -0.0498. The van der Waals surface area contributed by atoms with Gasteiger partial charge >= 0.3 is 6.61 Å². The van der Waals surface area contributed by atoms with Crippen LogP contribution in [0.2, 0.25) is 0 Å². The fraction of sp³-hybridized carbons (Fsp3) is 0.222. The molecule has 1 aromatic carbocycles. The summed E-state index contributed by atoms with van der Waals surface area (Å²) in [6, 6.07) is 4.36. The Labute approximate surface area is 104 Å². The number of benzene rings is 1. The molecular weight excluding hydrogens is 305 g/mol. The van der Waals surface area contributed by atoms with Crippen LogP contribution in [-0.4, -0.2) is 18.3 Å². The molecule has 0 aromatic heterocycles. The highest BCUT2D eigenvalue weighted by atomic mass is 79.9. The van der Waals surface area contributed by atoms with Crippen molar-refractivity contribution in [2.45, 2.75) is 6.61 Å². The number of ether oxygens (including phenoxy) is 1. The molecule has 0 radical (unpaired) electrons. The summed E-state index contributed by atoms with van der Waals surface area (Å²) in [4.78, 5) is 3.91. The monoisotopic (exact) mass is 312 g/mol. The first-order chi connectivity index (χ1) is 7.51. The van der Waals surface area contributed by atoms with Crippen molar-refractivity contribution in [3.05, 3.63) is 22.7 Å². The van der Waals surface area contributed by atoms with Crippen LogP contribution in [0.15, 0.2) is 27.7 Å². The van der Waals surface area contributed by atoms with Crippen LogP contribution in [0.1, 0.15) is 0 Å². The lowest BCUT2D eigenvalue weighted by Gasteiger charge is -2.06. The Balaban J connectivity index is 2.98. The molecule has 1 rings (SSSR count). The lowest BCUT2D eigenvalue weighted by Crippen LogP contribution is -2.12. The first-order valence-corrected chi connectivity index (χ1v) is 5.48. The second-order valence-electron chi connectivity index (χ2n) is 2.76. The van der Waals surface area contributed by atoms with Gasteiger partial charge in [0.05, 0.1) is 11.6 Å². The number of nitrogens with zero attached hydrogens (tertiary/aromatic N) is 1. The van der Waals surface area contributed by atoms with E-state index in [-0.39, 0.29) is 17.5 Å². The highest BCUT2D eigenvalue weighted by Gasteiger charge is 2.06. The molecule has 0 unspecified atom stereocenters. The molecule has 88 valence electrons. The predicted molar refractivity (Wildman–Crippen MR) is 62.8 cm³/mol. The average Bonchev–Trinajstić information content (AvgIpc) is 2.15. The van der Waals surface area contributed by atoms with E-state index in [1.807, 2.05) is 0 Å². The third-order valence-corrected chi connectivity index (χ3v) is 2.22. The molecule has 0 fully saturated rings. The number of hydrogen-bond acceptors (Lipinski definition) is 2. The second kappa shape index (κ2) is 6.00. The Hall–Kier alpha value is -0.880. The minimum atomic E-state index is -2.88. The van der Waals surface area contributed by atoms with Gasteiger partial charge in [0.25, 0.3) is 0 Å². The van der Waals surface area contributed by atoms with E-state index in [1.165, 1.54) is 12.1 Å². The van der Waals surface area contributed by atoms with Gasteiger partial charge in [0, 0.05) is 10.5 Å². The highest BCUT2D eigenvalue weighted by Crippen LogP contribution is 2.27. The minimum absolute atomic E-state index is 0.00509. The van der Waals surface area contributed by atoms with Gasteiger partial charge in [-0.3, -0.25) is 0 Å². The van der Waals surface area contributed by atoms with Crippen LogP contribution < -0.4 is 10.5 Å². The van der Waals surface area contributed by atoms with Gasteiger partial charge in [-0.25, -0.2) is 4.99 Å². The first kappa shape index (κ1) is 13.2. The summed E-state index contributed by atoms with van der Waals surface area (Å²) in [7, 11) is 0. The largest absolute Gasteiger partial charge is 0.435 e. The smallest absolute Gasteiger partial charge is 0.387 e. The highest BCUT2D eigenvalue weighted by molar-refractivity contribution is 9.10. The molecular formula is C9H8BrClF2N2O. The summed E-state index contributed by atoms with van der Waals surface area (Å²) >= 11 is 8.59. The van der Waals surface area contributed by atoms with Crippen LogP contribution in [-0.2, 0) is 0 Å². The molecule has 0 aliphatic heterocycles. The van der Waals surface area contributed by atoms with Crippen molar-refractivity contribution in [3.63, 3.8) is 0 Å². The van der Waals surface area contributed by atoms with Crippen molar-refractivity contribution in [2.75, 3.05) is 5.88 Å². The van der Waals surface area contributed by atoms with Crippen molar-refractivity contribution in [2.24, 2.45) is 10.7 Å². The molecule has 0 spiro atoms. The van der Waals surface area contributed by atoms with Crippen molar-refractivity contribution >= 4 is 39.1 Å².